The highest BCUT2D eigenvalue weighted by Gasteiger charge is 2.18. The Kier molecular flexibility index (Phi) is 4.50. The van der Waals surface area contributed by atoms with Gasteiger partial charge in [-0.2, -0.15) is 0 Å². The number of hydrogen-bond donors (Lipinski definition) is 3. The molecule has 0 bridgehead atoms. The molecule has 4 aromatic rings. The summed E-state index contributed by atoms with van der Waals surface area (Å²) in [6.45, 7) is 4.13. The Hall–Kier alpha value is -2.63. The van der Waals surface area contributed by atoms with E-state index in [4.69, 9.17) is 0 Å². The second-order valence-corrected chi connectivity index (χ2v) is 7.70. The molecular weight excluding hydrogens is 356 g/mol. The number of nitrogens with one attached hydrogen (secondary N) is 2. The number of phenols is 1. The summed E-state index contributed by atoms with van der Waals surface area (Å²) in [6.07, 6.45) is 0.731. The van der Waals surface area contributed by atoms with E-state index in [1.807, 2.05) is 37.6 Å². The van der Waals surface area contributed by atoms with Crippen LogP contribution in [0.25, 0.3) is 32.1 Å². The van der Waals surface area contributed by atoms with Crippen molar-refractivity contribution in [3.63, 3.8) is 0 Å². The molecule has 0 aliphatic rings. The fourth-order valence-electron chi connectivity index (χ4n) is 3.66. The van der Waals surface area contributed by atoms with Crippen molar-refractivity contribution in [1.82, 2.24) is 10.3 Å². The number of benzene rings is 2. The van der Waals surface area contributed by atoms with Crippen molar-refractivity contribution < 1.29 is 5.11 Å². The molecule has 0 spiro atoms. The summed E-state index contributed by atoms with van der Waals surface area (Å²) in [6, 6.07) is 12.2. The molecule has 138 valence electrons. The lowest BCUT2D eigenvalue weighted by molar-refractivity contribution is 0.477. The molecule has 2 aromatic heterocycles. The Morgan fingerprint density at radius 2 is 1.96 bits per heavy atom. The van der Waals surface area contributed by atoms with Crippen molar-refractivity contribution in [1.29, 1.82) is 0 Å². The van der Waals surface area contributed by atoms with Gasteiger partial charge in [0.2, 0.25) is 0 Å². The summed E-state index contributed by atoms with van der Waals surface area (Å²) in [7, 11) is 1.94. The fraction of sp³-hybridized carbons (Fsp3) is 0.227. The number of aromatic nitrogens is 1. The van der Waals surface area contributed by atoms with Gasteiger partial charge in [-0.05, 0) is 54.6 Å². The second-order valence-electron chi connectivity index (χ2n) is 6.78. The standard InChI is InChI=1S/C22H22N2O2S/c1-4-13-11-17(25)18(15-7-5-14(6-8-15)12(2)23-3)19-16-9-10-27-21(16)22(26)24-20(13)19/h5-12,23,25H,4H2,1-3H3,(H,24,26). The van der Waals surface area contributed by atoms with Crippen LogP contribution in [0.3, 0.4) is 0 Å². The molecule has 2 heterocycles. The lowest BCUT2D eigenvalue weighted by Gasteiger charge is -2.15. The molecule has 27 heavy (non-hydrogen) atoms. The SMILES string of the molecule is CCc1cc(O)c(-c2ccc(C(C)NC)cc2)c2c1[nH]c(=O)c1sccc12. The molecule has 4 rings (SSSR count). The maximum Gasteiger partial charge on any atom is 0.266 e. The number of thiophene rings is 1. The number of aromatic hydroxyl groups is 1. The third-order valence-electron chi connectivity index (χ3n) is 5.28. The van der Waals surface area contributed by atoms with E-state index < -0.39 is 0 Å². The zero-order valence-corrected chi connectivity index (χ0v) is 16.4. The number of aromatic amines is 1. The fourth-order valence-corrected chi connectivity index (χ4v) is 4.46. The summed E-state index contributed by atoms with van der Waals surface area (Å²) in [5, 5.41) is 17.8. The van der Waals surface area contributed by atoms with Crippen LogP contribution >= 0.6 is 11.3 Å². The second kappa shape index (κ2) is 6.83. The van der Waals surface area contributed by atoms with Gasteiger partial charge in [0.05, 0.1) is 5.52 Å². The van der Waals surface area contributed by atoms with Crippen molar-refractivity contribution in [3.8, 4) is 16.9 Å². The van der Waals surface area contributed by atoms with Crippen molar-refractivity contribution >= 4 is 32.3 Å². The van der Waals surface area contributed by atoms with Crippen molar-refractivity contribution in [2.45, 2.75) is 26.3 Å². The number of aryl methyl sites for hydroxylation is 1. The highest BCUT2D eigenvalue weighted by molar-refractivity contribution is 7.17. The average molecular weight is 378 g/mol. The molecule has 0 fully saturated rings. The highest BCUT2D eigenvalue weighted by atomic mass is 32.1. The van der Waals surface area contributed by atoms with E-state index in [0.717, 1.165) is 39.4 Å². The Morgan fingerprint density at radius 1 is 1.22 bits per heavy atom. The van der Waals surface area contributed by atoms with Gasteiger partial charge in [0.1, 0.15) is 10.4 Å². The zero-order valence-electron chi connectivity index (χ0n) is 15.6. The van der Waals surface area contributed by atoms with Gasteiger partial charge < -0.3 is 15.4 Å². The molecule has 0 saturated heterocycles. The predicted octanol–water partition coefficient (Wildman–Crippen LogP) is 4.96. The molecule has 1 unspecified atom stereocenters. The summed E-state index contributed by atoms with van der Waals surface area (Å²) in [5.74, 6) is 0.244. The summed E-state index contributed by atoms with van der Waals surface area (Å²) < 4.78 is 0.692. The maximum atomic E-state index is 12.5. The lowest BCUT2D eigenvalue weighted by Crippen LogP contribution is -2.11. The first-order valence-corrected chi connectivity index (χ1v) is 9.98. The molecule has 4 nitrogen and oxygen atoms in total. The molecule has 0 aliphatic heterocycles. The minimum Gasteiger partial charge on any atom is -0.507 e. The molecule has 2 aromatic carbocycles. The summed E-state index contributed by atoms with van der Waals surface area (Å²) in [4.78, 5) is 15.5. The van der Waals surface area contributed by atoms with Crippen LogP contribution in [-0.4, -0.2) is 17.1 Å². The largest absolute Gasteiger partial charge is 0.507 e. The topological polar surface area (TPSA) is 65.1 Å². The third kappa shape index (κ3) is 2.83. The van der Waals surface area contributed by atoms with E-state index in [-0.39, 0.29) is 17.4 Å². The maximum absolute atomic E-state index is 12.5. The van der Waals surface area contributed by atoms with Crippen LogP contribution in [0.15, 0.2) is 46.6 Å². The lowest BCUT2D eigenvalue weighted by atomic mass is 9.93. The highest BCUT2D eigenvalue weighted by Crippen LogP contribution is 2.41. The number of hydrogen-bond acceptors (Lipinski definition) is 4. The van der Waals surface area contributed by atoms with Crippen LogP contribution in [-0.2, 0) is 6.42 Å². The molecular formula is C22H22N2O2S. The normalized spacial score (nSPS) is 12.7. The number of phenolic OH excluding ortho intramolecular Hbond substituents is 1. The average Bonchev–Trinajstić information content (AvgIpc) is 3.18. The minimum atomic E-state index is -0.0722. The molecule has 0 aliphatic carbocycles. The van der Waals surface area contributed by atoms with Crippen molar-refractivity contribution in [2.75, 3.05) is 7.05 Å². The van der Waals surface area contributed by atoms with Gasteiger partial charge in [-0.15, -0.1) is 11.3 Å². The Balaban J connectivity index is 2.07. The van der Waals surface area contributed by atoms with Gasteiger partial charge in [0.25, 0.3) is 5.56 Å². The number of H-pyrrole nitrogens is 1. The van der Waals surface area contributed by atoms with Crippen LogP contribution in [0.4, 0.5) is 0 Å². The molecule has 1 atom stereocenters. The first kappa shape index (κ1) is 17.8. The van der Waals surface area contributed by atoms with Gasteiger partial charge in [-0.25, -0.2) is 0 Å². The van der Waals surface area contributed by atoms with Crippen molar-refractivity contribution in [2.24, 2.45) is 0 Å². The van der Waals surface area contributed by atoms with Crippen LogP contribution < -0.4 is 10.9 Å². The van der Waals surface area contributed by atoms with Gasteiger partial charge in [0.15, 0.2) is 0 Å². The van der Waals surface area contributed by atoms with Gasteiger partial charge in [-0.3, -0.25) is 4.79 Å². The van der Waals surface area contributed by atoms with Crippen molar-refractivity contribution in [3.05, 3.63) is 63.3 Å². The molecule has 3 N–H and O–H groups in total. The Labute approximate surface area is 161 Å². The van der Waals surface area contributed by atoms with E-state index in [0.29, 0.717) is 4.70 Å². The molecule has 0 radical (unpaired) electrons. The van der Waals surface area contributed by atoms with Crippen LogP contribution in [0, 0.1) is 0 Å². The first-order chi connectivity index (χ1) is 13.0. The zero-order chi connectivity index (χ0) is 19.1. The van der Waals surface area contributed by atoms with Gasteiger partial charge in [-0.1, -0.05) is 31.2 Å². The molecule has 0 saturated carbocycles. The monoisotopic (exact) mass is 378 g/mol. The van der Waals surface area contributed by atoms with E-state index in [2.05, 4.69) is 29.4 Å². The quantitative estimate of drug-likeness (QED) is 0.470. The molecule has 0 amide bonds. The van der Waals surface area contributed by atoms with E-state index in [1.165, 1.54) is 16.9 Å². The summed E-state index contributed by atoms with van der Waals surface area (Å²) >= 11 is 1.43. The van der Waals surface area contributed by atoms with Gasteiger partial charge in [0, 0.05) is 22.4 Å². The number of pyridine rings is 1. The number of fused-ring (bicyclic) bond motifs is 3. The summed E-state index contributed by atoms with van der Waals surface area (Å²) in [5.41, 5.74) is 4.57. The smallest absolute Gasteiger partial charge is 0.266 e. The predicted molar refractivity (Wildman–Crippen MR) is 114 cm³/mol. The third-order valence-corrected chi connectivity index (χ3v) is 6.19. The van der Waals surface area contributed by atoms with Gasteiger partial charge >= 0.3 is 0 Å². The molecule has 5 heteroatoms. The van der Waals surface area contributed by atoms with Crippen LogP contribution in [0.2, 0.25) is 0 Å². The first-order valence-electron chi connectivity index (χ1n) is 9.10. The Bertz CT molecular complexity index is 1190. The van der Waals surface area contributed by atoms with E-state index in [1.54, 1.807) is 6.07 Å². The van der Waals surface area contributed by atoms with Crippen LogP contribution in [0.5, 0.6) is 5.75 Å². The minimum absolute atomic E-state index is 0.0722. The number of rotatable bonds is 4. The van der Waals surface area contributed by atoms with E-state index >= 15 is 0 Å². The van der Waals surface area contributed by atoms with E-state index in [9.17, 15) is 9.90 Å². The van der Waals surface area contributed by atoms with Crippen LogP contribution in [0.1, 0.15) is 31.0 Å². The Morgan fingerprint density at radius 3 is 2.63 bits per heavy atom.